The molecule has 1 saturated heterocycles. The lowest BCUT2D eigenvalue weighted by Crippen LogP contribution is -2.63. The number of aryl methyl sites for hydroxylation is 1. The SMILES string of the molecule is Cc1cccc(C(=O)N2CCCN(C(=O)OCc3ccccc3)C2C(=O)NCCN)c1. The van der Waals surface area contributed by atoms with Gasteiger partial charge in [0.15, 0.2) is 6.17 Å². The molecule has 1 atom stereocenters. The van der Waals surface area contributed by atoms with E-state index in [4.69, 9.17) is 10.5 Å². The van der Waals surface area contributed by atoms with Gasteiger partial charge >= 0.3 is 6.09 Å². The second-order valence-corrected chi connectivity index (χ2v) is 7.41. The van der Waals surface area contributed by atoms with Gasteiger partial charge in [-0.25, -0.2) is 4.79 Å². The summed E-state index contributed by atoms with van der Waals surface area (Å²) in [6, 6.07) is 16.5. The molecule has 0 spiro atoms. The summed E-state index contributed by atoms with van der Waals surface area (Å²) < 4.78 is 5.45. The van der Waals surface area contributed by atoms with Crippen molar-refractivity contribution in [1.82, 2.24) is 15.1 Å². The van der Waals surface area contributed by atoms with E-state index in [9.17, 15) is 14.4 Å². The van der Waals surface area contributed by atoms with Crippen LogP contribution in [0.3, 0.4) is 0 Å². The van der Waals surface area contributed by atoms with E-state index in [-0.39, 0.29) is 25.6 Å². The van der Waals surface area contributed by atoms with Crippen molar-refractivity contribution in [2.24, 2.45) is 5.73 Å². The number of carbonyl (C=O) groups is 3. The summed E-state index contributed by atoms with van der Waals surface area (Å²) in [5.41, 5.74) is 7.76. The molecule has 0 aliphatic carbocycles. The predicted octanol–water partition coefficient (Wildman–Crippen LogP) is 1.88. The Morgan fingerprint density at radius 3 is 2.52 bits per heavy atom. The van der Waals surface area contributed by atoms with Crippen LogP contribution in [0.15, 0.2) is 54.6 Å². The van der Waals surface area contributed by atoms with E-state index in [1.807, 2.05) is 43.3 Å². The van der Waals surface area contributed by atoms with Gasteiger partial charge in [-0.15, -0.1) is 0 Å². The third-order valence-electron chi connectivity index (χ3n) is 5.03. The molecule has 1 unspecified atom stereocenters. The number of nitrogens with two attached hydrogens (primary N) is 1. The molecule has 1 aliphatic rings. The van der Waals surface area contributed by atoms with Gasteiger partial charge in [-0.3, -0.25) is 14.5 Å². The Bertz CT molecular complexity index is 919. The van der Waals surface area contributed by atoms with Crippen LogP contribution in [-0.4, -0.2) is 60.1 Å². The fourth-order valence-electron chi connectivity index (χ4n) is 3.54. The first-order valence-corrected chi connectivity index (χ1v) is 10.3. The summed E-state index contributed by atoms with van der Waals surface area (Å²) in [5.74, 6) is -0.764. The van der Waals surface area contributed by atoms with Crippen LogP contribution in [0.5, 0.6) is 0 Å². The van der Waals surface area contributed by atoms with Crippen LogP contribution in [0.25, 0.3) is 0 Å². The zero-order valence-corrected chi connectivity index (χ0v) is 17.6. The highest BCUT2D eigenvalue weighted by molar-refractivity contribution is 5.98. The smallest absolute Gasteiger partial charge is 0.412 e. The average molecular weight is 425 g/mol. The summed E-state index contributed by atoms with van der Waals surface area (Å²) in [6.07, 6.45) is -1.20. The maximum Gasteiger partial charge on any atom is 0.412 e. The van der Waals surface area contributed by atoms with Crippen LogP contribution in [0.1, 0.15) is 27.9 Å². The van der Waals surface area contributed by atoms with Crippen LogP contribution in [0, 0.1) is 6.92 Å². The van der Waals surface area contributed by atoms with E-state index in [0.29, 0.717) is 25.1 Å². The Kier molecular flexibility index (Phi) is 7.61. The molecule has 3 rings (SSSR count). The van der Waals surface area contributed by atoms with Gasteiger partial charge < -0.3 is 20.7 Å². The number of benzene rings is 2. The molecular formula is C23H28N4O4. The number of nitrogens with one attached hydrogen (secondary N) is 1. The van der Waals surface area contributed by atoms with Crippen molar-refractivity contribution in [2.75, 3.05) is 26.2 Å². The van der Waals surface area contributed by atoms with Crippen molar-refractivity contribution in [3.05, 3.63) is 71.3 Å². The third kappa shape index (κ3) is 5.61. The largest absolute Gasteiger partial charge is 0.444 e. The van der Waals surface area contributed by atoms with Gasteiger partial charge in [0.05, 0.1) is 0 Å². The van der Waals surface area contributed by atoms with E-state index in [0.717, 1.165) is 11.1 Å². The summed E-state index contributed by atoms with van der Waals surface area (Å²) in [4.78, 5) is 41.8. The van der Waals surface area contributed by atoms with Gasteiger partial charge in [0.25, 0.3) is 11.8 Å². The molecule has 0 saturated carbocycles. The first-order chi connectivity index (χ1) is 15.0. The van der Waals surface area contributed by atoms with E-state index in [1.165, 1.54) is 9.80 Å². The number of hydrogen-bond donors (Lipinski definition) is 2. The van der Waals surface area contributed by atoms with Crippen LogP contribution in [0.4, 0.5) is 4.79 Å². The quantitative estimate of drug-likeness (QED) is 0.737. The van der Waals surface area contributed by atoms with Crippen molar-refractivity contribution in [3.8, 4) is 0 Å². The lowest BCUT2D eigenvalue weighted by atomic mass is 10.1. The second kappa shape index (κ2) is 10.6. The Morgan fingerprint density at radius 2 is 1.81 bits per heavy atom. The topological polar surface area (TPSA) is 105 Å². The van der Waals surface area contributed by atoms with Crippen molar-refractivity contribution in [3.63, 3.8) is 0 Å². The van der Waals surface area contributed by atoms with E-state index >= 15 is 0 Å². The van der Waals surface area contributed by atoms with Gasteiger partial charge in [-0.05, 0) is 31.0 Å². The number of nitrogens with zero attached hydrogens (tertiary/aromatic N) is 2. The highest BCUT2D eigenvalue weighted by Crippen LogP contribution is 2.20. The Morgan fingerprint density at radius 1 is 1.06 bits per heavy atom. The maximum atomic E-state index is 13.2. The number of carbonyl (C=O) groups excluding carboxylic acids is 3. The lowest BCUT2D eigenvalue weighted by molar-refractivity contribution is -0.133. The van der Waals surface area contributed by atoms with E-state index in [2.05, 4.69) is 5.32 Å². The summed E-state index contributed by atoms with van der Waals surface area (Å²) in [5, 5.41) is 2.70. The van der Waals surface area contributed by atoms with Crippen LogP contribution in [0.2, 0.25) is 0 Å². The van der Waals surface area contributed by atoms with Gasteiger partial charge in [-0.2, -0.15) is 0 Å². The predicted molar refractivity (Wildman–Crippen MR) is 116 cm³/mol. The van der Waals surface area contributed by atoms with Crippen LogP contribution < -0.4 is 11.1 Å². The summed E-state index contributed by atoms with van der Waals surface area (Å²) >= 11 is 0. The molecule has 8 heteroatoms. The van der Waals surface area contributed by atoms with Crippen molar-refractivity contribution in [1.29, 1.82) is 0 Å². The molecule has 3 amide bonds. The van der Waals surface area contributed by atoms with Crippen LogP contribution >= 0.6 is 0 Å². The van der Waals surface area contributed by atoms with Crippen molar-refractivity contribution in [2.45, 2.75) is 26.1 Å². The normalized spacial score (nSPS) is 16.0. The summed E-state index contributed by atoms with van der Waals surface area (Å²) in [6.45, 7) is 3.14. The monoisotopic (exact) mass is 424 g/mol. The fourth-order valence-corrected chi connectivity index (χ4v) is 3.54. The fraction of sp³-hybridized carbons (Fsp3) is 0.348. The Labute approximate surface area is 182 Å². The molecule has 1 heterocycles. The molecular weight excluding hydrogens is 396 g/mol. The highest BCUT2D eigenvalue weighted by Gasteiger charge is 2.41. The van der Waals surface area contributed by atoms with E-state index in [1.54, 1.807) is 18.2 Å². The zero-order valence-electron chi connectivity index (χ0n) is 17.6. The number of amides is 3. The minimum atomic E-state index is -1.10. The molecule has 0 aromatic heterocycles. The van der Waals surface area contributed by atoms with Crippen molar-refractivity contribution >= 4 is 17.9 Å². The summed E-state index contributed by atoms with van der Waals surface area (Å²) in [7, 11) is 0. The van der Waals surface area contributed by atoms with Crippen molar-refractivity contribution < 1.29 is 19.1 Å². The minimum Gasteiger partial charge on any atom is -0.444 e. The highest BCUT2D eigenvalue weighted by atomic mass is 16.6. The number of ether oxygens (including phenoxy) is 1. The molecule has 3 N–H and O–H groups in total. The first-order valence-electron chi connectivity index (χ1n) is 10.3. The van der Waals surface area contributed by atoms with Gasteiger partial charge in [0.1, 0.15) is 6.61 Å². The lowest BCUT2D eigenvalue weighted by Gasteiger charge is -2.42. The number of rotatable bonds is 6. The molecule has 31 heavy (non-hydrogen) atoms. The van der Waals surface area contributed by atoms with E-state index < -0.39 is 18.2 Å². The van der Waals surface area contributed by atoms with Gasteiger partial charge in [-0.1, -0.05) is 48.0 Å². The molecule has 2 aromatic carbocycles. The molecule has 164 valence electrons. The van der Waals surface area contributed by atoms with Gasteiger partial charge in [0, 0.05) is 31.7 Å². The molecule has 1 fully saturated rings. The Balaban J connectivity index is 1.81. The first kappa shape index (κ1) is 22.3. The third-order valence-corrected chi connectivity index (χ3v) is 5.03. The van der Waals surface area contributed by atoms with Crippen LogP contribution in [-0.2, 0) is 16.1 Å². The standard InChI is InChI=1S/C23H28N4O4/c1-17-7-5-10-19(15-17)22(29)26-13-6-14-27(21(26)20(28)25-12-11-24)23(30)31-16-18-8-3-2-4-9-18/h2-5,7-10,15,21H,6,11-14,16,24H2,1H3,(H,25,28). The second-order valence-electron chi connectivity index (χ2n) is 7.41. The molecule has 8 nitrogen and oxygen atoms in total. The molecule has 1 aliphatic heterocycles. The number of hydrogen-bond acceptors (Lipinski definition) is 5. The molecule has 2 aromatic rings. The minimum absolute atomic E-state index is 0.0825. The zero-order chi connectivity index (χ0) is 22.2. The molecule has 0 bridgehead atoms. The Hall–Kier alpha value is -3.39. The maximum absolute atomic E-state index is 13.2. The molecule has 0 radical (unpaired) electrons. The van der Waals surface area contributed by atoms with Gasteiger partial charge in [0.2, 0.25) is 0 Å². The average Bonchev–Trinajstić information content (AvgIpc) is 2.80.